The monoisotopic (exact) mass is 450 g/mol. The molecule has 1 saturated heterocycles. The predicted octanol–water partition coefficient (Wildman–Crippen LogP) is 4.60. The molecule has 0 radical (unpaired) electrons. The van der Waals surface area contributed by atoms with E-state index in [1.54, 1.807) is 24.3 Å². The number of hydrogen-bond acceptors (Lipinski definition) is 4. The lowest BCUT2D eigenvalue weighted by Crippen LogP contribution is -2.31. The molecule has 164 valence electrons. The molecular weight excluding hydrogens is 429 g/mol. The smallest absolute Gasteiger partial charge is 0.411 e. The zero-order valence-electron chi connectivity index (χ0n) is 17.0. The number of benzene rings is 2. The summed E-state index contributed by atoms with van der Waals surface area (Å²) in [6.07, 6.45) is -2.09. The minimum absolute atomic E-state index is 0.263. The lowest BCUT2D eigenvalue weighted by Gasteiger charge is -2.17. The van der Waals surface area contributed by atoms with Crippen LogP contribution in [0.3, 0.4) is 0 Å². The lowest BCUT2D eigenvalue weighted by molar-refractivity contribution is -0.176. The van der Waals surface area contributed by atoms with Gasteiger partial charge in [-0.1, -0.05) is 31.2 Å². The summed E-state index contributed by atoms with van der Waals surface area (Å²) in [5.74, 6) is 0.0839. The van der Waals surface area contributed by atoms with Gasteiger partial charge in [0.1, 0.15) is 18.1 Å². The molecule has 2 aromatic carbocycles. The number of methoxy groups -OCH3 is 1. The van der Waals surface area contributed by atoms with Gasteiger partial charge < -0.3 is 14.8 Å². The standard InChI is InChI=1S/C22H21F3N2O3S/c1-3-15-6-4-5-7-18(15)27-20(28)17(26-21(27)31)11-14-8-9-19(29-2)16(10-14)12-30-13-22(23,24)25/h4-11H,3,12-13H2,1-2H3,(H,26,31)/b17-11+. The van der Waals surface area contributed by atoms with Crippen molar-refractivity contribution in [2.24, 2.45) is 0 Å². The molecule has 1 aliphatic heterocycles. The summed E-state index contributed by atoms with van der Waals surface area (Å²) in [4.78, 5) is 14.5. The Balaban J connectivity index is 1.85. The maximum Gasteiger partial charge on any atom is 0.411 e. The number of carbonyl (C=O) groups excluding carboxylic acids is 1. The highest BCUT2D eigenvalue weighted by Gasteiger charge is 2.33. The normalized spacial score (nSPS) is 15.5. The van der Waals surface area contributed by atoms with E-state index in [0.29, 0.717) is 22.6 Å². The fraction of sp³-hybridized carbons (Fsp3) is 0.273. The number of aryl methyl sites for hydroxylation is 1. The number of alkyl halides is 3. The second kappa shape index (κ2) is 9.49. The number of halogens is 3. The van der Waals surface area contributed by atoms with Crippen molar-refractivity contribution in [2.75, 3.05) is 18.6 Å². The van der Waals surface area contributed by atoms with Crippen molar-refractivity contribution < 1.29 is 27.4 Å². The van der Waals surface area contributed by atoms with Crippen LogP contribution in [0, 0.1) is 0 Å². The van der Waals surface area contributed by atoms with E-state index in [9.17, 15) is 18.0 Å². The zero-order valence-corrected chi connectivity index (χ0v) is 17.8. The number of amides is 1. The van der Waals surface area contributed by atoms with Gasteiger partial charge in [-0.2, -0.15) is 13.2 Å². The third-order valence-electron chi connectivity index (χ3n) is 4.63. The Kier molecular flexibility index (Phi) is 6.97. The van der Waals surface area contributed by atoms with Gasteiger partial charge in [0, 0.05) is 5.56 Å². The van der Waals surface area contributed by atoms with Crippen molar-refractivity contribution in [3.63, 3.8) is 0 Å². The number of rotatable bonds is 7. The first-order valence-corrected chi connectivity index (χ1v) is 9.90. The van der Waals surface area contributed by atoms with Crippen LogP contribution in [0.15, 0.2) is 48.2 Å². The van der Waals surface area contributed by atoms with Gasteiger partial charge >= 0.3 is 6.18 Å². The summed E-state index contributed by atoms with van der Waals surface area (Å²) in [5.41, 5.74) is 2.99. The molecule has 0 aliphatic carbocycles. The minimum Gasteiger partial charge on any atom is -0.496 e. The second-order valence-corrected chi connectivity index (χ2v) is 7.18. The largest absolute Gasteiger partial charge is 0.496 e. The van der Waals surface area contributed by atoms with Crippen LogP contribution in [0.1, 0.15) is 23.6 Å². The summed E-state index contributed by atoms with van der Waals surface area (Å²) in [7, 11) is 1.42. The lowest BCUT2D eigenvalue weighted by atomic mass is 10.1. The number of para-hydroxylation sites is 1. The molecule has 9 heteroatoms. The van der Waals surface area contributed by atoms with E-state index in [4.69, 9.17) is 21.7 Å². The van der Waals surface area contributed by atoms with E-state index >= 15 is 0 Å². The van der Waals surface area contributed by atoms with Gasteiger partial charge in [0.15, 0.2) is 5.11 Å². The van der Waals surface area contributed by atoms with E-state index < -0.39 is 12.8 Å². The quantitative estimate of drug-likeness (QED) is 0.494. The highest BCUT2D eigenvalue weighted by molar-refractivity contribution is 7.80. The second-order valence-electron chi connectivity index (χ2n) is 6.79. The molecule has 0 bridgehead atoms. The first kappa shape index (κ1) is 22.8. The van der Waals surface area contributed by atoms with E-state index in [1.165, 1.54) is 12.0 Å². The molecule has 3 rings (SSSR count). The van der Waals surface area contributed by atoms with Gasteiger partial charge in [0.25, 0.3) is 5.91 Å². The molecule has 31 heavy (non-hydrogen) atoms. The van der Waals surface area contributed by atoms with Gasteiger partial charge in [0.05, 0.1) is 19.4 Å². The van der Waals surface area contributed by atoms with Crippen molar-refractivity contribution in [1.82, 2.24) is 5.32 Å². The Morgan fingerprint density at radius 2 is 1.90 bits per heavy atom. The molecule has 2 aromatic rings. The Bertz CT molecular complexity index is 1020. The highest BCUT2D eigenvalue weighted by atomic mass is 32.1. The molecule has 0 saturated carbocycles. The van der Waals surface area contributed by atoms with Crippen molar-refractivity contribution in [3.05, 3.63) is 64.9 Å². The molecule has 5 nitrogen and oxygen atoms in total. The summed E-state index contributed by atoms with van der Waals surface area (Å²) >= 11 is 5.36. The van der Waals surface area contributed by atoms with Crippen LogP contribution < -0.4 is 15.0 Å². The number of ether oxygens (including phenoxy) is 2. The number of anilines is 1. The van der Waals surface area contributed by atoms with E-state index in [-0.39, 0.29) is 23.3 Å². The fourth-order valence-electron chi connectivity index (χ4n) is 3.23. The third-order valence-corrected chi connectivity index (χ3v) is 4.91. The molecular formula is C22H21F3N2O3S. The molecule has 0 unspecified atom stereocenters. The topological polar surface area (TPSA) is 50.8 Å². The van der Waals surface area contributed by atoms with Gasteiger partial charge in [-0.15, -0.1) is 0 Å². The SMILES string of the molecule is CCc1ccccc1N1C(=O)/C(=C\c2ccc(OC)c(COCC(F)(F)F)c2)NC1=S. The van der Waals surface area contributed by atoms with Gasteiger partial charge in [-0.25, -0.2) is 0 Å². The van der Waals surface area contributed by atoms with E-state index in [0.717, 1.165) is 12.0 Å². The van der Waals surface area contributed by atoms with Gasteiger partial charge in [-0.05, 0) is 54.0 Å². The Hall–Kier alpha value is -2.91. The first-order valence-electron chi connectivity index (χ1n) is 9.50. The molecule has 1 amide bonds. The molecule has 0 atom stereocenters. The molecule has 1 N–H and O–H groups in total. The van der Waals surface area contributed by atoms with Crippen LogP contribution >= 0.6 is 12.2 Å². The van der Waals surface area contributed by atoms with E-state index in [2.05, 4.69) is 5.32 Å². The molecule has 0 spiro atoms. The highest BCUT2D eigenvalue weighted by Crippen LogP contribution is 2.28. The van der Waals surface area contributed by atoms with Gasteiger partial charge in [-0.3, -0.25) is 9.69 Å². The number of nitrogens with zero attached hydrogens (tertiary/aromatic N) is 1. The Morgan fingerprint density at radius 3 is 2.58 bits per heavy atom. The van der Waals surface area contributed by atoms with Crippen LogP contribution in [-0.4, -0.2) is 30.9 Å². The molecule has 1 heterocycles. The molecule has 1 fully saturated rings. The van der Waals surface area contributed by atoms with Crippen LogP contribution in [0.5, 0.6) is 5.75 Å². The number of nitrogens with one attached hydrogen (secondary N) is 1. The van der Waals surface area contributed by atoms with Crippen LogP contribution in [0.2, 0.25) is 0 Å². The number of carbonyl (C=O) groups is 1. The Labute approximate surface area is 183 Å². The number of hydrogen-bond donors (Lipinski definition) is 1. The summed E-state index contributed by atoms with van der Waals surface area (Å²) < 4.78 is 47.1. The summed E-state index contributed by atoms with van der Waals surface area (Å²) in [6.45, 7) is 0.351. The van der Waals surface area contributed by atoms with Crippen molar-refractivity contribution in [2.45, 2.75) is 26.1 Å². The third kappa shape index (κ3) is 5.42. The Morgan fingerprint density at radius 1 is 1.16 bits per heavy atom. The van der Waals surface area contributed by atoms with Crippen LogP contribution in [0.25, 0.3) is 6.08 Å². The summed E-state index contributed by atoms with van der Waals surface area (Å²) in [6, 6.07) is 12.4. The predicted molar refractivity (Wildman–Crippen MR) is 116 cm³/mol. The van der Waals surface area contributed by atoms with Crippen molar-refractivity contribution in [1.29, 1.82) is 0 Å². The zero-order chi connectivity index (χ0) is 22.6. The average molecular weight is 450 g/mol. The van der Waals surface area contributed by atoms with E-state index in [1.807, 2.05) is 31.2 Å². The van der Waals surface area contributed by atoms with Gasteiger partial charge in [0.2, 0.25) is 0 Å². The molecule has 0 aromatic heterocycles. The number of thiocarbonyl (C=S) groups is 1. The maximum atomic E-state index is 13.0. The minimum atomic E-state index is -4.42. The van der Waals surface area contributed by atoms with Crippen LogP contribution in [-0.2, 0) is 22.6 Å². The van der Waals surface area contributed by atoms with Crippen molar-refractivity contribution >= 4 is 35.0 Å². The fourth-order valence-corrected chi connectivity index (χ4v) is 3.52. The first-order chi connectivity index (χ1) is 14.7. The van der Waals surface area contributed by atoms with Crippen molar-refractivity contribution in [3.8, 4) is 5.75 Å². The average Bonchev–Trinajstić information content (AvgIpc) is 3.00. The van der Waals surface area contributed by atoms with Crippen LogP contribution in [0.4, 0.5) is 18.9 Å². The summed E-state index contributed by atoms with van der Waals surface area (Å²) in [5, 5.41) is 3.18. The molecule has 1 aliphatic rings. The maximum absolute atomic E-state index is 13.0.